The van der Waals surface area contributed by atoms with E-state index < -0.39 is 0 Å². The molecule has 2 amide bonds. The number of hydrogen-bond donors (Lipinski definition) is 1. The second kappa shape index (κ2) is 10.1. The van der Waals surface area contributed by atoms with Gasteiger partial charge in [0, 0.05) is 31.5 Å². The van der Waals surface area contributed by atoms with E-state index in [0.29, 0.717) is 36.5 Å². The molecule has 1 saturated heterocycles. The summed E-state index contributed by atoms with van der Waals surface area (Å²) in [5, 5.41) is 10.6. The SMILES string of the molecule is COc1ccc(NC(=O)N2CCC(=Cc3cccc(Oc4ncc(C)cn4)c3)C(C)C2)nn1. The predicted molar refractivity (Wildman–Crippen MR) is 124 cm³/mol. The van der Waals surface area contributed by atoms with Gasteiger partial charge >= 0.3 is 12.0 Å². The molecule has 9 nitrogen and oxygen atoms in total. The van der Waals surface area contributed by atoms with Crippen LogP contribution in [0.3, 0.4) is 0 Å². The molecule has 3 heterocycles. The Bertz CT molecular complexity index is 1130. The van der Waals surface area contributed by atoms with Gasteiger partial charge in [0.1, 0.15) is 5.75 Å². The zero-order chi connectivity index (χ0) is 23.2. The fraction of sp³-hybridized carbons (Fsp3) is 0.292. The van der Waals surface area contributed by atoms with Gasteiger partial charge in [-0.05, 0) is 48.6 Å². The summed E-state index contributed by atoms with van der Waals surface area (Å²) in [6.07, 6.45) is 6.40. The van der Waals surface area contributed by atoms with Crippen LogP contribution in [0.1, 0.15) is 24.5 Å². The van der Waals surface area contributed by atoms with Crippen LogP contribution in [0, 0.1) is 12.8 Å². The van der Waals surface area contributed by atoms with Crippen molar-refractivity contribution in [3.05, 3.63) is 65.5 Å². The summed E-state index contributed by atoms with van der Waals surface area (Å²) in [6.45, 7) is 5.30. The molecule has 1 atom stereocenters. The lowest BCUT2D eigenvalue weighted by Gasteiger charge is -2.33. The highest BCUT2D eigenvalue weighted by molar-refractivity contribution is 5.88. The molecule has 4 rings (SSSR count). The lowest BCUT2D eigenvalue weighted by Crippen LogP contribution is -2.42. The Balaban J connectivity index is 1.37. The molecule has 9 heteroatoms. The Hall–Kier alpha value is -4.01. The highest BCUT2D eigenvalue weighted by Crippen LogP contribution is 2.27. The number of nitrogens with one attached hydrogen (secondary N) is 1. The first-order valence-electron chi connectivity index (χ1n) is 10.7. The molecular formula is C24H26N6O3. The number of amides is 2. The summed E-state index contributed by atoms with van der Waals surface area (Å²) < 4.78 is 10.8. The number of anilines is 1. The van der Waals surface area contributed by atoms with Crippen molar-refractivity contribution in [3.63, 3.8) is 0 Å². The van der Waals surface area contributed by atoms with Crippen LogP contribution in [0.15, 0.2) is 54.4 Å². The van der Waals surface area contributed by atoms with E-state index >= 15 is 0 Å². The van der Waals surface area contributed by atoms with Crippen LogP contribution in [-0.4, -0.2) is 51.3 Å². The molecule has 170 valence electrons. The minimum absolute atomic E-state index is 0.186. The molecule has 0 radical (unpaired) electrons. The maximum Gasteiger partial charge on any atom is 0.323 e. The molecule has 3 aromatic rings. The van der Waals surface area contributed by atoms with E-state index in [9.17, 15) is 4.79 Å². The average Bonchev–Trinajstić information content (AvgIpc) is 2.82. The molecule has 1 aromatic carbocycles. The molecule has 0 spiro atoms. The summed E-state index contributed by atoms with van der Waals surface area (Å²) in [5.41, 5.74) is 3.30. The lowest BCUT2D eigenvalue weighted by atomic mass is 9.91. The third-order valence-corrected chi connectivity index (χ3v) is 5.35. The molecule has 33 heavy (non-hydrogen) atoms. The monoisotopic (exact) mass is 446 g/mol. The Labute approximate surface area is 192 Å². The van der Waals surface area contributed by atoms with Crippen molar-refractivity contribution < 1.29 is 14.3 Å². The van der Waals surface area contributed by atoms with Crippen molar-refractivity contribution in [1.29, 1.82) is 0 Å². The van der Waals surface area contributed by atoms with E-state index in [1.807, 2.05) is 31.2 Å². The number of benzene rings is 1. The molecule has 1 fully saturated rings. The van der Waals surface area contributed by atoms with Crippen molar-refractivity contribution in [2.24, 2.45) is 5.92 Å². The number of ether oxygens (including phenoxy) is 2. The van der Waals surface area contributed by atoms with Crippen molar-refractivity contribution in [2.75, 3.05) is 25.5 Å². The third-order valence-electron chi connectivity index (χ3n) is 5.35. The van der Waals surface area contributed by atoms with Gasteiger partial charge in [0.05, 0.1) is 7.11 Å². The predicted octanol–water partition coefficient (Wildman–Crippen LogP) is 4.33. The lowest BCUT2D eigenvalue weighted by molar-refractivity contribution is 0.197. The molecule has 1 unspecified atom stereocenters. The molecule has 0 aliphatic carbocycles. The number of piperidine rings is 1. The van der Waals surface area contributed by atoms with Gasteiger partial charge in [-0.2, -0.15) is 0 Å². The van der Waals surface area contributed by atoms with Crippen LogP contribution in [0.2, 0.25) is 0 Å². The van der Waals surface area contributed by atoms with E-state index in [4.69, 9.17) is 9.47 Å². The van der Waals surface area contributed by atoms with Gasteiger partial charge in [-0.3, -0.25) is 5.32 Å². The van der Waals surface area contributed by atoms with E-state index in [-0.39, 0.29) is 11.9 Å². The minimum Gasteiger partial charge on any atom is -0.480 e. The molecule has 1 N–H and O–H groups in total. The normalized spacial score (nSPS) is 17.0. The quantitative estimate of drug-likeness (QED) is 0.622. The largest absolute Gasteiger partial charge is 0.480 e. The molecule has 1 aliphatic rings. The fourth-order valence-electron chi connectivity index (χ4n) is 3.55. The van der Waals surface area contributed by atoms with E-state index in [2.05, 4.69) is 38.5 Å². The van der Waals surface area contributed by atoms with Crippen LogP contribution < -0.4 is 14.8 Å². The topological polar surface area (TPSA) is 102 Å². The van der Waals surface area contributed by atoms with Crippen LogP contribution in [0.5, 0.6) is 17.6 Å². The third kappa shape index (κ3) is 5.82. The number of hydrogen-bond acceptors (Lipinski definition) is 7. The number of methoxy groups -OCH3 is 1. The Kier molecular flexibility index (Phi) is 6.77. The molecule has 0 bridgehead atoms. The number of nitrogens with zero attached hydrogens (tertiary/aromatic N) is 5. The first-order chi connectivity index (χ1) is 16.0. The maximum absolute atomic E-state index is 12.6. The van der Waals surface area contributed by atoms with Gasteiger partial charge < -0.3 is 14.4 Å². The van der Waals surface area contributed by atoms with Crippen molar-refractivity contribution in [1.82, 2.24) is 25.1 Å². The number of carbonyl (C=O) groups is 1. The van der Waals surface area contributed by atoms with Gasteiger partial charge in [-0.15, -0.1) is 10.2 Å². The van der Waals surface area contributed by atoms with Gasteiger partial charge in [-0.25, -0.2) is 14.8 Å². The van der Waals surface area contributed by atoms with E-state index in [1.54, 1.807) is 29.4 Å². The summed E-state index contributed by atoms with van der Waals surface area (Å²) in [7, 11) is 1.52. The van der Waals surface area contributed by atoms with Crippen LogP contribution in [0.25, 0.3) is 6.08 Å². The summed E-state index contributed by atoms with van der Waals surface area (Å²) >= 11 is 0. The molecule has 2 aromatic heterocycles. The average molecular weight is 447 g/mol. The zero-order valence-corrected chi connectivity index (χ0v) is 18.9. The number of aromatic nitrogens is 4. The molecular weight excluding hydrogens is 420 g/mol. The van der Waals surface area contributed by atoms with E-state index in [1.165, 1.54) is 12.7 Å². The molecule has 0 saturated carbocycles. The van der Waals surface area contributed by atoms with Gasteiger partial charge in [0.15, 0.2) is 5.82 Å². The summed E-state index contributed by atoms with van der Waals surface area (Å²) in [4.78, 5) is 22.8. The Morgan fingerprint density at radius 3 is 2.70 bits per heavy atom. The van der Waals surface area contributed by atoms with Crippen molar-refractivity contribution >= 4 is 17.9 Å². The first kappa shape index (κ1) is 22.2. The van der Waals surface area contributed by atoms with E-state index in [0.717, 1.165) is 17.5 Å². The minimum atomic E-state index is -0.186. The van der Waals surface area contributed by atoms with Crippen LogP contribution in [0.4, 0.5) is 10.6 Å². The smallest absolute Gasteiger partial charge is 0.323 e. The number of aryl methyl sites for hydroxylation is 1. The van der Waals surface area contributed by atoms with Gasteiger partial charge in [-0.1, -0.05) is 30.7 Å². The zero-order valence-electron chi connectivity index (χ0n) is 18.9. The highest BCUT2D eigenvalue weighted by atomic mass is 16.5. The first-order valence-corrected chi connectivity index (χ1v) is 10.7. The Morgan fingerprint density at radius 2 is 2.00 bits per heavy atom. The van der Waals surface area contributed by atoms with Gasteiger partial charge in [0.25, 0.3) is 0 Å². The number of carbonyl (C=O) groups excluding carboxylic acids is 1. The molecule has 1 aliphatic heterocycles. The van der Waals surface area contributed by atoms with Gasteiger partial charge in [0.2, 0.25) is 5.88 Å². The summed E-state index contributed by atoms with van der Waals surface area (Å²) in [6, 6.07) is 11.3. The number of rotatable bonds is 5. The maximum atomic E-state index is 12.6. The number of likely N-dealkylation sites (tertiary alicyclic amines) is 1. The highest BCUT2D eigenvalue weighted by Gasteiger charge is 2.24. The summed E-state index contributed by atoms with van der Waals surface area (Å²) in [5.74, 6) is 1.69. The Morgan fingerprint density at radius 1 is 1.18 bits per heavy atom. The van der Waals surface area contributed by atoms with Crippen LogP contribution in [-0.2, 0) is 0 Å². The second-order valence-corrected chi connectivity index (χ2v) is 7.92. The van der Waals surface area contributed by atoms with Crippen molar-refractivity contribution in [2.45, 2.75) is 20.3 Å². The van der Waals surface area contributed by atoms with Crippen molar-refractivity contribution in [3.8, 4) is 17.6 Å². The number of urea groups is 1. The fourth-order valence-corrected chi connectivity index (χ4v) is 3.55. The second-order valence-electron chi connectivity index (χ2n) is 7.92. The van der Waals surface area contributed by atoms with Crippen LogP contribution >= 0.6 is 0 Å². The standard InChI is InChI=1S/C24H26N6O3/c1-16-13-25-23(26-14-16)33-20-6-4-5-18(12-20)11-19-9-10-30(15-17(19)2)24(31)27-21-7-8-22(32-3)29-28-21/h4-8,11-14,17H,9-10,15H2,1-3H3,(H,27,28,31).